The zero-order valence-electron chi connectivity index (χ0n) is 11.3. The number of fused-ring (bicyclic) bond motifs is 1. The van der Waals surface area contributed by atoms with Crippen LogP contribution in [-0.4, -0.2) is 40.1 Å². The first-order chi connectivity index (χ1) is 10.1. The second-order valence-corrected chi connectivity index (χ2v) is 4.41. The first-order valence-electron chi connectivity index (χ1n) is 6.33. The van der Waals surface area contributed by atoms with Crippen molar-refractivity contribution in [2.45, 2.75) is 0 Å². The van der Waals surface area contributed by atoms with E-state index in [0.717, 1.165) is 15.8 Å². The van der Waals surface area contributed by atoms with E-state index in [1.54, 1.807) is 6.07 Å². The molecule has 1 heterocycles. The van der Waals surface area contributed by atoms with Gasteiger partial charge in [-0.3, -0.25) is 9.78 Å². The molecule has 6 nitrogen and oxygen atoms in total. The molecule has 0 aliphatic heterocycles. The van der Waals surface area contributed by atoms with Crippen molar-refractivity contribution in [1.82, 2.24) is 9.88 Å². The third-order valence-electron chi connectivity index (χ3n) is 2.80. The summed E-state index contributed by atoms with van der Waals surface area (Å²) in [6, 6.07) is 8.80. The average molecular weight is 285 g/mol. The number of carboxylic acid groups (broad SMARTS) is 1. The summed E-state index contributed by atoms with van der Waals surface area (Å²) in [5, 5.41) is 12.3. The third kappa shape index (κ3) is 3.79. The first-order valence-corrected chi connectivity index (χ1v) is 6.33. The molecule has 1 aromatic heterocycles. The Kier molecular flexibility index (Phi) is 4.50. The number of para-hydroxylation sites is 1. The molecule has 0 bridgehead atoms. The quantitative estimate of drug-likeness (QED) is 0.826. The molecule has 0 aliphatic rings. The monoisotopic (exact) mass is 285 g/mol. The molecule has 0 radical (unpaired) electrons. The van der Waals surface area contributed by atoms with Crippen molar-refractivity contribution in [2.24, 2.45) is 0 Å². The normalized spacial score (nSPS) is 10.1. The molecular formula is C15H15N3O3. The molecule has 2 N–H and O–H groups in total. The first kappa shape index (κ1) is 14.5. The number of carboxylic acids is 1. The number of amides is 2. The average Bonchev–Trinajstić information content (AvgIpc) is 2.46. The fourth-order valence-corrected chi connectivity index (χ4v) is 1.88. The molecule has 2 amide bonds. The minimum Gasteiger partial charge on any atom is -0.480 e. The van der Waals surface area contributed by atoms with E-state index in [1.807, 2.05) is 24.3 Å². The molecule has 0 saturated carbocycles. The number of rotatable bonds is 5. The van der Waals surface area contributed by atoms with E-state index in [0.29, 0.717) is 5.69 Å². The SMILES string of the molecule is C=CCN(CC(=O)O)C(=O)Nc1cnc2ccccc2c1. The van der Waals surface area contributed by atoms with Gasteiger partial charge in [0.25, 0.3) is 0 Å². The van der Waals surface area contributed by atoms with Crippen molar-refractivity contribution < 1.29 is 14.7 Å². The van der Waals surface area contributed by atoms with E-state index < -0.39 is 18.5 Å². The van der Waals surface area contributed by atoms with Crippen LogP contribution in [-0.2, 0) is 4.79 Å². The van der Waals surface area contributed by atoms with Crippen LogP contribution in [0.25, 0.3) is 10.9 Å². The molecule has 108 valence electrons. The fourth-order valence-electron chi connectivity index (χ4n) is 1.88. The lowest BCUT2D eigenvalue weighted by molar-refractivity contribution is -0.137. The largest absolute Gasteiger partial charge is 0.480 e. The summed E-state index contributed by atoms with van der Waals surface area (Å²) in [6.45, 7) is 3.27. The predicted molar refractivity (Wildman–Crippen MR) is 80.2 cm³/mol. The summed E-state index contributed by atoms with van der Waals surface area (Å²) in [6.07, 6.45) is 3.01. The maximum absolute atomic E-state index is 12.1. The van der Waals surface area contributed by atoms with Crippen molar-refractivity contribution in [1.29, 1.82) is 0 Å². The zero-order valence-corrected chi connectivity index (χ0v) is 11.3. The number of carbonyl (C=O) groups is 2. The van der Waals surface area contributed by atoms with E-state index >= 15 is 0 Å². The molecule has 6 heteroatoms. The van der Waals surface area contributed by atoms with E-state index in [-0.39, 0.29) is 6.54 Å². The van der Waals surface area contributed by atoms with Crippen molar-refractivity contribution in [2.75, 3.05) is 18.4 Å². The number of anilines is 1. The molecular weight excluding hydrogens is 270 g/mol. The van der Waals surface area contributed by atoms with Gasteiger partial charge in [0.15, 0.2) is 0 Å². The van der Waals surface area contributed by atoms with E-state index in [4.69, 9.17) is 5.11 Å². The van der Waals surface area contributed by atoms with Crippen LogP contribution in [0.4, 0.5) is 10.5 Å². The van der Waals surface area contributed by atoms with Crippen LogP contribution in [0.15, 0.2) is 49.2 Å². The van der Waals surface area contributed by atoms with Gasteiger partial charge in [-0.05, 0) is 12.1 Å². The van der Waals surface area contributed by atoms with Gasteiger partial charge in [-0.15, -0.1) is 6.58 Å². The number of urea groups is 1. The minimum atomic E-state index is -1.08. The molecule has 0 saturated heterocycles. The van der Waals surface area contributed by atoms with Crippen molar-refractivity contribution in [3.8, 4) is 0 Å². The molecule has 0 unspecified atom stereocenters. The number of hydrogen-bond donors (Lipinski definition) is 2. The van der Waals surface area contributed by atoms with E-state index in [1.165, 1.54) is 12.3 Å². The van der Waals surface area contributed by atoms with Crippen molar-refractivity contribution in [3.63, 3.8) is 0 Å². The highest BCUT2D eigenvalue weighted by Crippen LogP contribution is 2.16. The molecule has 0 aliphatic carbocycles. The number of hydrogen-bond acceptors (Lipinski definition) is 3. The summed E-state index contributed by atoms with van der Waals surface area (Å²) in [5.74, 6) is -1.08. The van der Waals surface area contributed by atoms with Crippen LogP contribution in [0.2, 0.25) is 0 Å². The van der Waals surface area contributed by atoms with Gasteiger partial charge in [-0.2, -0.15) is 0 Å². The number of aliphatic carboxylic acids is 1. The molecule has 2 aromatic rings. The van der Waals surface area contributed by atoms with Gasteiger partial charge in [0.05, 0.1) is 17.4 Å². The molecule has 0 spiro atoms. The second-order valence-electron chi connectivity index (χ2n) is 4.41. The van der Waals surface area contributed by atoms with Gasteiger partial charge >= 0.3 is 12.0 Å². The zero-order chi connectivity index (χ0) is 15.2. The van der Waals surface area contributed by atoms with Gasteiger partial charge in [0, 0.05) is 11.9 Å². The molecule has 21 heavy (non-hydrogen) atoms. The topological polar surface area (TPSA) is 82.5 Å². The molecule has 0 fully saturated rings. The Morgan fingerprint density at radius 3 is 2.86 bits per heavy atom. The Hall–Kier alpha value is -2.89. The van der Waals surface area contributed by atoms with Crippen LogP contribution >= 0.6 is 0 Å². The number of carbonyl (C=O) groups excluding carboxylic acids is 1. The van der Waals surface area contributed by atoms with Gasteiger partial charge < -0.3 is 15.3 Å². The fraction of sp³-hybridized carbons (Fsp3) is 0.133. The summed E-state index contributed by atoms with van der Waals surface area (Å²) >= 11 is 0. The number of nitrogens with zero attached hydrogens (tertiary/aromatic N) is 2. The van der Waals surface area contributed by atoms with Gasteiger partial charge in [-0.1, -0.05) is 24.3 Å². The van der Waals surface area contributed by atoms with Gasteiger partial charge in [0.2, 0.25) is 0 Å². The number of nitrogens with one attached hydrogen (secondary N) is 1. The van der Waals surface area contributed by atoms with Crippen molar-refractivity contribution >= 4 is 28.6 Å². The Labute approximate surface area is 121 Å². The smallest absolute Gasteiger partial charge is 0.323 e. The number of pyridine rings is 1. The molecule has 2 rings (SSSR count). The summed E-state index contributed by atoms with van der Waals surface area (Å²) < 4.78 is 0. The van der Waals surface area contributed by atoms with E-state index in [2.05, 4.69) is 16.9 Å². The van der Waals surface area contributed by atoms with Crippen LogP contribution in [0.1, 0.15) is 0 Å². The Bertz CT molecular complexity index is 685. The molecule has 0 atom stereocenters. The van der Waals surface area contributed by atoms with Crippen LogP contribution in [0.5, 0.6) is 0 Å². The highest BCUT2D eigenvalue weighted by Gasteiger charge is 2.15. The Balaban J connectivity index is 2.15. The highest BCUT2D eigenvalue weighted by atomic mass is 16.4. The second kappa shape index (κ2) is 6.51. The maximum Gasteiger partial charge on any atom is 0.323 e. The lowest BCUT2D eigenvalue weighted by atomic mass is 10.2. The van der Waals surface area contributed by atoms with Crippen LogP contribution < -0.4 is 5.32 Å². The van der Waals surface area contributed by atoms with Gasteiger partial charge in [0.1, 0.15) is 6.54 Å². The van der Waals surface area contributed by atoms with Gasteiger partial charge in [-0.25, -0.2) is 4.79 Å². The lowest BCUT2D eigenvalue weighted by Gasteiger charge is -2.19. The maximum atomic E-state index is 12.1. The predicted octanol–water partition coefficient (Wildman–Crippen LogP) is 2.34. The third-order valence-corrected chi connectivity index (χ3v) is 2.80. The standard InChI is InChI=1S/C15H15N3O3/c1-2-7-18(10-14(19)20)15(21)17-12-8-11-5-3-4-6-13(11)16-9-12/h2-6,8-9H,1,7,10H2,(H,17,21)(H,19,20). The molecule has 1 aromatic carbocycles. The van der Waals surface area contributed by atoms with Crippen molar-refractivity contribution in [3.05, 3.63) is 49.2 Å². The number of benzene rings is 1. The Morgan fingerprint density at radius 1 is 1.38 bits per heavy atom. The highest BCUT2D eigenvalue weighted by molar-refractivity contribution is 5.93. The lowest BCUT2D eigenvalue weighted by Crippen LogP contribution is -2.38. The van der Waals surface area contributed by atoms with Crippen LogP contribution in [0, 0.1) is 0 Å². The summed E-state index contributed by atoms with van der Waals surface area (Å²) in [4.78, 5) is 28.2. The van der Waals surface area contributed by atoms with E-state index in [9.17, 15) is 9.59 Å². The Morgan fingerprint density at radius 2 is 2.14 bits per heavy atom. The summed E-state index contributed by atoms with van der Waals surface area (Å²) in [5.41, 5.74) is 1.34. The van der Waals surface area contributed by atoms with Crippen LogP contribution in [0.3, 0.4) is 0 Å². The number of aromatic nitrogens is 1. The minimum absolute atomic E-state index is 0.152. The summed E-state index contributed by atoms with van der Waals surface area (Å²) in [7, 11) is 0.